The van der Waals surface area contributed by atoms with Gasteiger partial charge in [0.15, 0.2) is 6.10 Å². The molecule has 2 rings (SSSR count). The molecule has 5 nitrogen and oxygen atoms in total. The molecule has 0 bridgehead atoms. The summed E-state index contributed by atoms with van der Waals surface area (Å²) in [6, 6.07) is 7.44. The van der Waals surface area contributed by atoms with Crippen LogP contribution in [0.5, 0.6) is 11.5 Å². The molecule has 0 aromatic heterocycles. The maximum atomic E-state index is 12.5. The molecule has 1 aromatic carbocycles. The fourth-order valence-corrected chi connectivity index (χ4v) is 3.85. The van der Waals surface area contributed by atoms with Gasteiger partial charge in [0.25, 0.3) is 5.91 Å². The minimum Gasteiger partial charge on any atom is -0.497 e. The summed E-state index contributed by atoms with van der Waals surface area (Å²) < 4.78 is 10.9. The van der Waals surface area contributed by atoms with Crippen LogP contribution in [-0.4, -0.2) is 36.2 Å². The van der Waals surface area contributed by atoms with Gasteiger partial charge in [0, 0.05) is 18.9 Å². The number of rotatable bonds is 5. The van der Waals surface area contributed by atoms with Gasteiger partial charge in [-0.3, -0.25) is 4.79 Å². The van der Waals surface area contributed by atoms with Crippen LogP contribution in [0.25, 0.3) is 0 Å². The van der Waals surface area contributed by atoms with Crippen molar-refractivity contribution in [3.63, 3.8) is 0 Å². The summed E-state index contributed by atoms with van der Waals surface area (Å²) in [6.45, 7) is 10.7. The van der Waals surface area contributed by atoms with E-state index in [1.54, 1.807) is 14.0 Å². The number of ether oxygens (including phenoxy) is 2. The second kappa shape index (κ2) is 7.01. The van der Waals surface area contributed by atoms with E-state index >= 15 is 0 Å². The monoisotopic (exact) mass is 335 g/mol. The van der Waals surface area contributed by atoms with Gasteiger partial charge in [0.05, 0.1) is 18.2 Å². The van der Waals surface area contributed by atoms with Crippen molar-refractivity contribution in [2.75, 3.05) is 7.11 Å². The molecule has 1 aliphatic heterocycles. The van der Waals surface area contributed by atoms with Gasteiger partial charge in [-0.25, -0.2) is 0 Å². The van der Waals surface area contributed by atoms with Crippen molar-refractivity contribution in [3.05, 3.63) is 24.3 Å². The summed E-state index contributed by atoms with van der Waals surface area (Å²) in [4.78, 5) is 12.5. The van der Waals surface area contributed by atoms with E-state index in [9.17, 15) is 4.79 Å². The number of nitrogens with one attached hydrogen (secondary N) is 1. The topological polar surface area (TPSA) is 64.2 Å². The second-order valence-electron chi connectivity index (χ2n) is 8.17. The molecule has 0 aliphatic carbocycles. The van der Waals surface area contributed by atoms with Crippen molar-refractivity contribution in [2.24, 2.45) is 0 Å². The Morgan fingerprint density at radius 3 is 2.12 bits per heavy atom. The van der Waals surface area contributed by atoms with E-state index in [1.165, 1.54) is 0 Å². The molecule has 1 aromatic rings. The van der Waals surface area contributed by atoms with E-state index in [0.29, 0.717) is 5.75 Å². The van der Waals surface area contributed by atoms with Crippen molar-refractivity contribution < 1.29 is 19.6 Å². The van der Waals surface area contributed by atoms with Crippen molar-refractivity contribution >= 4 is 5.91 Å². The molecule has 0 unspecified atom stereocenters. The highest BCUT2D eigenvalue weighted by Gasteiger charge is 2.42. The number of nitrogens with two attached hydrogens (primary N) is 1. The first-order valence-electron chi connectivity index (χ1n) is 8.58. The molecule has 1 aliphatic rings. The van der Waals surface area contributed by atoms with Crippen LogP contribution in [0.4, 0.5) is 0 Å². The smallest absolute Gasteiger partial charge is 0.261 e. The predicted molar refractivity (Wildman–Crippen MR) is 94.3 cm³/mol. The van der Waals surface area contributed by atoms with Crippen LogP contribution in [0.1, 0.15) is 47.5 Å². The standard InChI is InChI=1S/C19H30N2O3/c1-13(24-16-9-7-15(23-6)8-10-16)17(22)20-14-11-18(2,3)21-19(4,5)12-14/h7-10,13-14,21H,11-12H2,1-6H3,(H,20,22)/p+1/t13-/m1/s1. The molecular weight excluding hydrogens is 304 g/mol. The van der Waals surface area contributed by atoms with Gasteiger partial charge < -0.3 is 20.1 Å². The Kier molecular flexibility index (Phi) is 5.43. The number of hydrogen-bond acceptors (Lipinski definition) is 3. The molecule has 0 spiro atoms. The Bertz CT molecular complexity index is 550. The maximum Gasteiger partial charge on any atom is 0.261 e. The third-order valence-electron chi connectivity index (χ3n) is 4.41. The van der Waals surface area contributed by atoms with Gasteiger partial charge in [0.1, 0.15) is 11.5 Å². The quantitative estimate of drug-likeness (QED) is 0.863. The lowest BCUT2D eigenvalue weighted by Gasteiger charge is -2.43. The van der Waals surface area contributed by atoms with Crippen molar-refractivity contribution in [2.45, 2.75) is 70.7 Å². The summed E-state index contributed by atoms with van der Waals surface area (Å²) >= 11 is 0. The molecule has 3 N–H and O–H groups in total. The molecule has 1 atom stereocenters. The molecular formula is C19H31N2O3+. The lowest BCUT2D eigenvalue weighted by molar-refractivity contribution is -0.787. The fourth-order valence-electron chi connectivity index (χ4n) is 3.85. The second-order valence-corrected chi connectivity index (χ2v) is 8.17. The Hall–Kier alpha value is -1.75. The van der Waals surface area contributed by atoms with E-state index in [4.69, 9.17) is 9.47 Å². The van der Waals surface area contributed by atoms with Gasteiger partial charge >= 0.3 is 0 Å². The number of amides is 1. The zero-order chi connectivity index (χ0) is 18.0. The minimum atomic E-state index is -0.532. The molecule has 1 amide bonds. The van der Waals surface area contributed by atoms with Crippen molar-refractivity contribution in [3.8, 4) is 11.5 Å². The van der Waals surface area contributed by atoms with E-state index in [1.807, 2.05) is 24.3 Å². The average Bonchev–Trinajstić information content (AvgIpc) is 2.44. The highest BCUT2D eigenvalue weighted by molar-refractivity contribution is 5.81. The van der Waals surface area contributed by atoms with Crippen LogP contribution < -0.4 is 20.1 Å². The number of carbonyl (C=O) groups excluding carboxylic acids is 1. The summed E-state index contributed by atoms with van der Waals surface area (Å²) in [5, 5.41) is 5.57. The number of methoxy groups -OCH3 is 1. The van der Waals surface area contributed by atoms with E-state index in [2.05, 4.69) is 38.3 Å². The van der Waals surface area contributed by atoms with Gasteiger partial charge in [-0.1, -0.05) is 0 Å². The number of hydrogen-bond donors (Lipinski definition) is 2. The minimum absolute atomic E-state index is 0.0654. The normalized spacial score (nSPS) is 20.9. The molecule has 5 heteroatoms. The highest BCUT2D eigenvalue weighted by atomic mass is 16.5. The van der Waals surface area contributed by atoms with Crippen LogP contribution >= 0.6 is 0 Å². The third-order valence-corrected chi connectivity index (χ3v) is 4.41. The highest BCUT2D eigenvalue weighted by Crippen LogP contribution is 2.22. The van der Waals surface area contributed by atoms with Crippen LogP contribution in [0, 0.1) is 0 Å². The zero-order valence-corrected chi connectivity index (χ0v) is 15.7. The molecule has 134 valence electrons. The molecule has 24 heavy (non-hydrogen) atoms. The number of piperidine rings is 1. The van der Waals surface area contributed by atoms with Crippen LogP contribution in [-0.2, 0) is 4.79 Å². The van der Waals surface area contributed by atoms with Gasteiger partial charge in [-0.15, -0.1) is 0 Å². The Balaban J connectivity index is 1.93. The molecule has 1 saturated heterocycles. The van der Waals surface area contributed by atoms with Crippen LogP contribution in [0.3, 0.4) is 0 Å². The van der Waals surface area contributed by atoms with E-state index in [-0.39, 0.29) is 23.0 Å². The molecule has 1 heterocycles. The summed E-state index contributed by atoms with van der Waals surface area (Å²) in [6.07, 6.45) is 1.38. The van der Waals surface area contributed by atoms with Crippen LogP contribution in [0.15, 0.2) is 24.3 Å². The number of carbonyl (C=O) groups is 1. The predicted octanol–water partition coefficient (Wildman–Crippen LogP) is 1.86. The fraction of sp³-hybridized carbons (Fsp3) is 0.632. The number of quaternary nitrogens is 1. The zero-order valence-electron chi connectivity index (χ0n) is 15.7. The Labute approximate surface area is 145 Å². The summed E-state index contributed by atoms with van der Waals surface area (Å²) in [5.74, 6) is 1.36. The lowest BCUT2D eigenvalue weighted by atomic mass is 9.79. The van der Waals surface area contributed by atoms with Gasteiger partial charge in [-0.2, -0.15) is 0 Å². The van der Waals surface area contributed by atoms with Crippen LogP contribution in [0.2, 0.25) is 0 Å². The Morgan fingerprint density at radius 1 is 1.12 bits per heavy atom. The van der Waals surface area contributed by atoms with E-state index < -0.39 is 6.10 Å². The Morgan fingerprint density at radius 2 is 1.62 bits per heavy atom. The van der Waals surface area contributed by atoms with Gasteiger partial charge in [0.2, 0.25) is 0 Å². The first kappa shape index (κ1) is 18.6. The summed E-state index contributed by atoms with van der Waals surface area (Å²) in [7, 11) is 1.62. The first-order valence-corrected chi connectivity index (χ1v) is 8.58. The first-order chi connectivity index (χ1) is 11.1. The molecule has 0 saturated carbocycles. The van der Waals surface area contributed by atoms with Crippen molar-refractivity contribution in [1.29, 1.82) is 0 Å². The SMILES string of the molecule is COc1ccc(O[C@H](C)C(=O)NC2CC(C)(C)[NH2+]C(C)(C)C2)cc1. The lowest BCUT2D eigenvalue weighted by Crippen LogP contribution is -3.06. The number of benzene rings is 1. The average molecular weight is 335 g/mol. The van der Waals surface area contributed by atoms with Crippen molar-refractivity contribution in [1.82, 2.24) is 5.32 Å². The largest absolute Gasteiger partial charge is 0.497 e. The maximum absolute atomic E-state index is 12.5. The molecule has 1 fully saturated rings. The van der Waals surface area contributed by atoms with Gasteiger partial charge in [-0.05, 0) is 58.9 Å². The van der Waals surface area contributed by atoms with E-state index in [0.717, 1.165) is 18.6 Å². The summed E-state index contributed by atoms with van der Waals surface area (Å²) in [5.41, 5.74) is 0.250. The third kappa shape index (κ3) is 5.13. The molecule has 0 radical (unpaired) electrons.